The highest BCUT2D eigenvalue weighted by molar-refractivity contribution is 7.80. The average molecular weight is 381 g/mol. The van der Waals surface area contributed by atoms with E-state index in [1.54, 1.807) is 12.1 Å². The van der Waals surface area contributed by atoms with Gasteiger partial charge in [0.15, 0.2) is 5.11 Å². The monoisotopic (exact) mass is 380 g/mol. The standard InChI is InChI=1S/C19H22Cl2N2S/c1-11(2)14-6-5-7-15(12(3)4)18(14)23-19(24)22-13-8-9-16(20)17(21)10-13/h5-12H,1-4H3,(H2,22,23,24). The van der Waals surface area contributed by atoms with Gasteiger partial charge in [0.05, 0.1) is 10.0 Å². The van der Waals surface area contributed by atoms with E-state index in [-0.39, 0.29) is 0 Å². The minimum atomic E-state index is 0.402. The van der Waals surface area contributed by atoms with Crippen molar-refractivity contribution in [2.75, 3.05) is 10.6 Å². The van der Waals surface area contributed by atoms with Crippen LogP contribution < -0.4 is 10.6 Å². The molecule has 0 bridgehead atoms. The minimum Gasteiger partial charge on any atom is -0.332 e. The van der Waals surface area contributed by atoms with Crippen molar-refractivity contribution in [3.05, 3.63) is 57.6 Å². The van der Waals surface area contributed by atoms with Gasteiger partial charge in [-0.2, -0.15) is 0 Å². The predicted octanol–water partition coefficient (Wildman–Crippen LogP) is 7.05. The maximum Gasteiger partial charge on any atom is 0.175 e. The molecule has 24 heavy (non-hydrogen) atoms. The first-order valence-corrected chi connectivity index (χ1v) is 9.12. The van der Waals surface area contributed by atoms with Gasteiger partial charge in [0, 0.05) is 11.4 Å². The van der Waals surface area contributed by atoms with Crippen LogP contribution in [0.4, 0.5) is 11.4 Å². The number of anilines is 2. The fourth-order valence-corrected chi connectivity index (χ4v) is 3.06. The highest BCUT2D eigenvalue weighted by Gasteiger charge is 2.14. The molecule has 2 rings (SSSR count). The Hall–Kier alpha value is -1.29. The van der Waals surface area contributed by atoms with E-state index in [9.17, 15) is 0 Å². The molecule has 0 aliphatic heterocycles. The highest BCUT2D eigenvalue weighted by atomic mass is 35.5. The van der Waals surface area contributed by atoms with Crippen molar-refractivity contribution < 1.29 is 0 Å². The quantitative estimate of drug-likeness (QED) is 0.555. The second-order valence-corrected chi connectivity index (χ2v) is 7.55. The molecule has 0 atom stereocenters. The van der Waals surface area contributed by atoms with Crippen LogP contribution in [-0.4, -0.2) is 5.11 Å². The summed E-state index contributed by atoms with van der Waals surface area (Å²) in [6, 6.07) is 11.7. The summed E-state index contributed by atoms with van der Waals surface area (Å²) in [5.74, 6) is 0.804. The molecule has 2 nitrogen and oxygen atoms in total. The van der Waals surface area contributed by atoms with Crippen molar-refractivity contribution >= 4 is 51.9 Å². The van der Waals surface area contributed by atoms with Crippen LogP contribution in [0.25, 0.3) is 0 Å². The van der Waals surface area contributed by atoms with E-state index in [4.69, 9.17) is 35.4 Å². The maximum absolute atomic E-state index is 6.06. The second kappa shape index (κ2) is 8.19. The maximum atomic E-state index is 6.06. The molecule has 0 heterocycles. The molecule has 0 radical (unpaired) electrons. The minimum absolute atomic E-state index is 0.402. The fraction of sp³-hybridized carbons (Fsp3) is 0.316. The number of rotatable bonds is 4. The Kier molecular flexibility index (Phi) is 6.50. The molecule has 0 aromatic heterocycles. The van der Waals surface area contributed by atoms with E-state index in [1.165, 1.54) is 11.1 Å². The van der Waals surface area contributed by atoms with Crippen molar-refractivity contribution in [1.29, 1.82) is 0 Å². The van der Waals surface area contributed by atoms with Crippen LogP contribution in [0.5, 0.6) is 0 Å². The summed E-state index contributed by atoms with van der Waals surface area (Å²) in [4.78, 5) is 0. The lowest BCUT2D eigenvalue weighted by Gasteiger charge is -2.21. The molecule has 128 valence electrons. The summed E-state index contributed by atoms with van der Waals surface area (Å²) < 4.78 is 0. The van der Waals surface area contributed by atoms with E-state index in [2.05, 4.69) is 56.5 Å². The van der Waals surface area contributed by atoms with Crippen LogP contribution in [0.2, 0.25) is 10.0 Å². The van der Waals surface area contributed by atoms with Crippen LogP contribution in [0.3, 0.4) is 0 Å². The van der Waals surface area contributed by atoms with E-state index in [0.29, 0.717) is 27.0 Å². The molecule has 0 spiro atoms. The fourth-order valence-electron chi connectivity index (χ4n) is 2.55. The highest BCUT2D eigenvalue weighted by Crippen LogP contribution is 2.32. The molecule has 5 heteroatoms. The lowest BCUT2D eigenvalue weighted by atomic mass is 9.93. The Morgan fingerprint density at radius 2 is 1.46 bits per heavy atom. The Balaban J connectivity index is 2.26. The molecule has 2 aromatic rings. The van der Waals surface area contributed by atoms with Gasteiger partial charge in [-0.15, -0.1) is 0 Å². The van der Waals surface area contributed by atoms with Crippen molar-refractivity contribution in [2.24, 2.45) is 0 Å². The summed E-state index contributed by atoms with van der Waals surface area (Å²) >= 11 is 17.5. The van der Waals surface area contributed by atoms with E-state index in [1.807, 2.05) is 6.07 Å². The van der Waals surface area contributed by atoms with Gasteiger partial charge in [0.2, 0.25) is 0 Å². The molecular weight excluding hydrogens is 359 g/mol. The van der Waals surface area contributed by atoms with Gasteiger partial charge in [-0.25, -0.2) is 0 Å². The van der Waals surface area contributed by atoms with Crippen LogP contribution in [0, 0.1) is 0 Å². The summed E-state index contributed by atoms with van der Waals surface area (Å²) in [5, 5.41) is 8.08. The lowest BCUT2D eigenvalue weighted by Crippen LogP contribution is -2.21. The summed E-state index contributed by atoms with van der Waals surface area (Å²) in [6.45, 7) is 8.72. The Morgan fingerprint density at radius 1 is 0.875 bits per heavy atom. The molecule has 0 unspecified atom stereocenters. The van der Waals surface area contributed by atoms with Crippen LogP contribution in [0.1, 0.15) is 50.7 Å². The number of hydrogen-bond acceptors (Lipinski definition) is 1. The van der Waals surface area contributed by atoms with Gasteiger partial charge in [-0.05, 0) is 53.4 Å². The molecule has 0 aliphatic carbocycles. The number of nitrogens with one attached hydrogen (secondary N) is 2. The van der Waals surface area contributed by atoms with Gasteiger partial charge in [0.25, 0.3) is 0 Å². The van der Waals surface area contributed by atoms with Crippen molar-refractivity contribution in [1.82, 2.24) is 0 Å². The number of halogens is 2. The molecule has 0 aliphatic rings. The summed E-state index contributed by atoms with van der Waals surface area (Å²) in [7, 11) is 0. The number of para-hydroxylation sites is 1. The van der Waals surface area contributed by atoms with Crippen molar-refractivity contribution in [3.8, 4) is 0 Å². The molecule has 0 fully saturated rings. The third-order valence-electron chi connectivity index (χ3n) is 3.79. The Bertz CT molecular complexity index is 716. The number of hydrogen-bond donors (Lipinski definition) is 2. The van der Waals surface area contributed by atoms with Gasteiger partial charge in [-0.3, -0.25) is 0 Å². The average Bonchev–Trinajstić information content (AvgIpc) is 2.50. The zero-order valence-corrected chi connectivity index (χ0v) is 16.6. The normalized spacial score (nSPS) is 11.0. The van der Waals surface area contributed by atoms with Crippen molar-refractivity contribution in [2.45, 2.75) is 39.5 Å². The predicted molar refractivity (Wildman–Crippen MR) is 111 cm³/mol. The third-order valence-corrected chi connectivity index (χ3v) is 4.73. The van der Waals surface area contributed by atoms with Gasteiger partial charge < -0.3 is 10.6 Å². The zero-order valence-electron chi connectivity index (χ0n) is 14.3. The molecule has 0 saturated heterocycles. The second-order valence-electron chi connectivity index (χ2n) is 6.33. The van der Waals surface area contributed by atoms with Crippen LogP contribution in [-0.2, 0) is 0 Å². The van der Waals surface area contributed by atoms with Gasteiger partial charge in [-0.1, -0.05) is 69.1 Å². The van der Waals surface area contributed by atoms with Crippen LogP contribution in [0.15, 0.2) is 36.4 Å². The largest absolute Gasteiger partial charge is 0.332 e. The summed E-state index contributed by atoms with van der Waals surface area (Å²) in [5.41, 5.74) is 4.38. The molecular formula is C19H22Cl2N2S. The molecule has 0 saturated carbocycles. The van der Waals surface area contributed by atoms with Crippen molar-refractivity contribution in [3.63, 3.8) is 0 Å². The Labute approximate surface area is 159 Å². The topological polar surface area (TPSA) is 24.1 Å². The molecule has 2 aromatic carbocycles. The Morgan fingerprint density at radius 3 is 1.96 bits per heavy atom. The van der Waals surface area contributed by atoms with Gasteiger partial charge >= 0.3 is 0 Å². The van der Waals surface area contributed by atoms with Gasteiger partial charge in [0.1, 0.15) is 0 Å². The summed E-state index contributed by atoms with van der Waals surface area (Å²) in [6.07, 6.45) is 0. The van der Waals surface area contributed by atoms with E-state index in [0.717, 1.165) is 11.4 Å². The molecule has 0 amide bonds. The third kappa shape index (κ3) is 4.62. The van der Waals surface area contributed by atoms with E-state index < -0.39 is 0 Å². The lowest BCUT2D eigenvalue weighted by molar-refractivity contribution is 0.839. The first-order chi connectivity index (χ1) is 11.3. The number of thiocarbonyl (C=S) groups is 1. The van der Waals surface area contributed by atoms with E-state index >= 15 is 0 Å². The SMILES string of the molecule is CC(C)c1cccc(C(C)C)c1NC(=S)Nc1ccc(Cl)c(Cl)c1. The number of benzene rings is 2. The smallest absolute Gasteiger partial charge is 0.175 e. The van der Waals surface area contributed by atoms with Crippen LogP contribution >= 0.6 is 35.4 Å². The molecule has 2 N–H and O–H groups in total. The first kappa shape index (κ1) is 19.0. The first-order valence-electron chi connectivity index (χ1n) is 7.95. The zero-order chi connectivity index (χ0) is 17.9.